The third-order valence-corrected chi connectivity index (χ3v) is 3.11. The molecule has 0 atom stereocenters. The van der Waals surface area contributed by atoms with Gasteiger partial charge in [0.05, 0.1) is 5.69 Å². The fraction of sp³-hybridized carbons (Fsp3) is 0. The minimum absolute atomic E-state index is 0.230. The summed E-state index contributed by atoms with van der Waals surface area (Å²) in [6.45, 7) is 0. The van der Waals surface area contributed by atoms with Crippen LogP contribution in [0.15, 0.2) is 39.3 Å². The summed E-state index contributed by atoms with van der Waals surface area (Å²) in [5.41, 5.74) is 6.02. The standard InChI is InChI=1S/C12H7Br2F2NO/c13-6-1-2-9(17)10(4-6)18-11-5-7(14)3-8(15)12(11)16/h1-5H,17H2. The molecule has 0 fully saturated rings. The van der Waals surface area contributed by atoms with Crippen LogP contribution in [0.4, 0.5) is 14.5 Å². The molecule has 6 heteroatoms. The van der Waals surface area contributed by atoms with E-state index in [4.69, 9.17) is 10.5 Å². The molecule has 2 N–H and O–H groups in total. The summed E-state index contributed by atoms with van der Waals surface area (Å²) in [6, 6.07) is 7.25. The van der Waals surface area contributed by atoms with Crippen molar-refractivity contribution in [2.45, 2.75) is 0 Å². The molecule has 0 amide bonds. The third-order valence-electron chi connectivity index (χ3n) is 2.16. The van der Waals surface area contributed by atoms with Gasteiger partial charge >= 0.3 is 0 Å². The summed E-state index contributed by atoms with van der Waals surface area (Å²) in [7, 11) is 0. The average molecular weight is 379 g/mol. The maximum atomic E-state index is 13.5. The van der Waals surface area contributed by atoms with E-state index in [1.807, 2.05) is 0 Å². The number of halogens is 4. The van der Waals surface area contributed by atoms with Crippen molar-refractivity contribution in [2.24, 2.45) is 0 Å². The first-order valence-electron chi connectivity index (χ1n) is 4.85. The highest BCUT2D eigenvalue weighted by Gasteiger charge is 2.13. The lowest BCUT2D eigenvalue weighted by Gasteiger charge is -2.10. The van der Waals surface area contributed by atoms with Gasteiger partial charge in [0.2, 0.25) is 5.82 Å². The van der Waals surface area contributed by atoms with Crippen LogP contribution in [-0.4, -0.2) is 0 Å². The van der Waals surface area contributed by atoms with E-state index < -0.39 is 11.6 Å². The first-order chi connectivity index (χ1) is 8.47. The normalized spacial score (nSPS) is 10.4. The molecule has 0 saturated heterocycles. The van der Waals surface area contributed by atoms with Gasteiger partial charge in [0.15, 0.2) is 17.3 Å². The van der Waals surface area contributed by atoms with Gasteiger partial charge in [0, 0.05) is 8.95 Å². The van der Waals surface area contributed by atoms with Crippen LogP contribution in [0.3, 0.4) is 0 Å². The number of anilines is 1. The monoisotopic (exact) mass is 377 g/mol. The second-order valence-corrected chi connectivity index (χ2v) is 5.32. The molecule has 94 valence electrons. The first-order valence-corrected chi connectivity index (χ1v) is 6.43. The zero-order valence-electron chi connectivity index (χ0n) is 8.88. The van der Waals surface area contributed by atoms with Gasteiger partial charge in [0.25, 0.3) is 0 Å². The van der Waals surface area contributed by atoms with Crippen molar-refractivity contribution >= 4 is 37.5 Å². The average Bonchev–Trinajstić information content (AvgIpc) is 2.30. The summed E-state index contributed by atoms with van der Waals surface area (Å²) >= 11 is 6.31. The predicted molar refractivity (Wildman–Crippen MR) is 72.7 cm³/mol. The Morgan fingerprint density at radius 3 is 2.33 bits per heavy atom. The van der Waals surface area contributed by atoms with E-state index in [0.29, 0.717) is 10.2 Å². The molecule has 0 aromatic heterocycles. The van der Waals surface area contributed by atoms with Crippen molar-refractivity contribution in [1.82, 2.24) is 0 Å². The SMILES string of the molecule is Nc1ccc(Br)cc1Oc1cc(Br)cc(F)c1F. The van der Waals surface area contributed by atoms with Crippen molar-refractivity contribution in [3.05, 3.63) is 50.9 Å². The molecule has 2 aromatic rings. The van der Waals surface area contributed by atoms with E-state index >= 15 is 0 Å². The van der Waals surface area contributed by atoms with Crippen LogP contribution >= 0.6 is 31.9 Å². The van der Waals surface area contributed by atoms with Gasteiger partial charge in [-0.05, 0) is 30.3 Å². The van der Waals surface area contributed by atoms with Gasteiger partial charge in [-0.3, -0.25) is 0 Å². The fourth-order valence-electron chi connectivity index (χ4n) is 1.32. The smallest absolute Gasteiger partial charge is 0.201 e. The van der Waals surface area contributed by atoms with Crippen LogP contribution in [0.1, 0.15) is 0 Å². The highest BCUT2D eigenvalue weighted by Crippen LogP contribution is 2.33. The number of nitrogen functional groups attached to an aromatic ring is 1. The van der Waals surface area contributed by atoms with Crippen LogP contribution in [0.5, 0.6) is 11.5 Å². The van der Waals surface area contributed by atoms with E-state index in [2.05, 4.69) is 31.9 Å². The number of benzene rings is 2. The highest BCUT2D eigenvalue weighted by atomic mass is 79.9. The van der Waals surface area contributed by atoms with Crippen molar-refractivity contribution < 1.29 is 13.5 Å². The molecule has 0 aliphatic carbocycles. The summed E-state index contributed by atoms with van der Waals surface area (Å²) in [5.74, 6) is -2.03. The molecule has 2 aromatic carbocycles. The predicted octanol–water partition coefficient (Wildman–Crippen LogP) is 4.86. The summed E-state index contributed by atoms with van der Waals surface area (Å²) in [4.78, 5) is 0. The van der Waals surface area contributed by atoms with Crippen LogP contribution in [0, 0.1) is 11.6 Å². The molecule has 0 radical (unpaired) electrons. The van der Waals surface area contributed by atoms with Crippen LogP contribution < -0.4 is 10.5 Å². The quantitative estimate of drug-likeness (QED) is 0.598. The number of ether oxygens (including phenoxy) is 1. The summed E-state index contributed by atoms with van der Waals surface area (Å²) < 4.78 is 33.1. The molecule has 2 nitrogen and oxygen atoms in total. The fourth-order valence-corrected chi connectivity index (χ4v) is 2.07. The number of hydrogen-bond donors (Lipinski definition) is 1. The van der Waals surface area contributed by atoms with Crippen LogP contribution in [-0.2, 0) is 0 Å². The summed E-state index contributed by atoms with van der Waals surface area (Å²) in [6.07, 6.45) is 0. The van der Waals surface area contributed by atoms with Gasteiger partial charge in [-0.2, -0.15) is 4.39 Å². The Kier molecular flexibility index (Phi) is 3.87. The lowest BCUT2D eigenvalue weighted by atomic mass is 10.3. The Morgan fingerprint density at radius 2 is 1.61 bits per heavy atom. The molecule has 0 unspecified atom stereocenters. The van der Waals surface area contributed by atoms with Crippen LogP contribution in [0.25, 0.3) is 0 Å². The van der Waals surface area contributed by atoms with Gasteiger partial charge in [-0.15, -0.1) is 0 Å². The zero-order valence-corrected chi connectivity index (χ0v) is 12.1. The Hall–Kier alpha value is -1.14. The Morgan fingerprint density at radius 1 is 0.944 bits per heavy atom. The second kappa shape index (κ2) is 5.24. The number of hydrogen-bond acceptors (Lipinski definition) is 2. The topological polar surface area (TPSA) is 35.2 Å². The molecular formula is C12H7Br2F2NO. The van der Waals surface area contributed by atoms with Crippen molar-refractivity contribution in [1.29, 1.82) is 0 Å². The van der Waals surface area contributed by atoms with E-state index in [-0.39, 0.29) is 11.5 Å². The van der Waals surface area contributed by atoms with Crippen molar-refractivity contribution in [2.75, 3.05) is 5.73 Å². The largest absolute Gasteiger partial charge is 0.452 e. The zero-order chi connectivity index (χ0) is 13.3. The Bertz CT molecular complexity index is 605. The summed E-state index contributed by atoms with van der Waals surface area (Å²) in [5, 5.41) is 0. The van der Waals surface area contributed by atoms with Gasteiger partial charge < -0.3 is 10.5 Å². The molecule has 0 spiro atoms. The Labute approximate surface area is 119 Å². The number of nitrogens with two attached hydrogens (primary N) is 1. The van der Waals surface area contributed by atoms with E-state index in [0.717, 1.165) is 10.5 Å². The molecule has 0 bridgehead atoms. The van der Waals surface area contributed by atoms with E-state index in [1.165, 1.54) is 6.07 Å². The molecule has 2 rings (SSSR count). The molecule has 18 heavy (non-hydrogen) atoms. The first kappa shape index (κ1) is 13.3. The molecular weight excluding hydrogens is 372 g/mol. The maximum Gasteiger partial charge on any atom is 0.201 e. The van der Waals surface area contributed by atoms with Gasteiger partial charge in [0.1, 0.15) is 0 Å². The lowest BCUT2D eigenvalue weighted by molar-refractivity contribution is 0.416. The minimum Gasteiger partial charge on any atom is -0.452 e. The van der Waals surface area contributed by atoms with Gasteiger partial charge in [-0.1, -0.05) is 31.9 Å². The van der Waals surface area contributed by atoms with Crippen molar-refractivity contribution in [3.8, 4) is 11.5 Å². The molecule has 0 aliphatic heterocycles. The number of rotatable bonds is 2. The molecule has 0 aliphatic rings. The molecule has 0 heterocycles. The molecule has 0 saturated carbocycles. The third kappa shape index (κ3) is 2.81. The van der Waals surface area contributed by atoms with Crippen LogP contribution in [0.2, 0.25) is 0 Å². The Balaban J connectivity index is 2.43. The highest BCUT2D eigenvalue weighted by molar-refractivity contribution is 9.10. The van der Waals surface area contributed by atoms with E-state index in [9.17, 15) is 8.78 Å². The minimum atomic E-state index is -1.06. The second-order valence-electron chi connectivity index (χ2n) is 3.48. The van der Waals surface area contributed by atoms with Crippen molar-refractivity contribution in [3.63, 3.8) is 0 Å². The van der Waals surface area contributed by atoms with Gasteiger partial charge in [-0.25, -0.2) is 4.39 Å². The van der Waals surface area contributed by atoms with E-state index in [1.54, 1.807) is 18.2 Å². The maximum absolute atomic E-state index is 13.5. The lowest BCUT2D eigenvalue weighted by Crippen LogP contribution is -1.95.